The van der Waals surface area contributed by atoms with Crippen molar-refractivity contribution in [1.29, 1.82) is 0 Å². The van der Waals surface area contributed by atoms with E-state index in [9.17, 15) is 0 Å². The highest BCUT2D eigenvalue weighted by atomic mass is 32.2. The van der Waals surface area contributed by atoms with Gasteiger partial charge in [0.1, 0.15) is 0 Å². The van der Waals surface area contributed by atoms with E-state index in [1.807, 2.05) is 0 Å². The first-order chi connectivity index (χ1) is 6.33. The van der Waals surface area contributed by atoms with Crippen LogP contribution in [-0.4, -0.2) is 37.3 Å². The lowest BCUT2D eigenvalue weighted by atomic mass is 10.1. The predicted octanol–water partition coefficient (Wildman–Crippen LogP) is 1.90. The number of nitrogens with one attached hydrogen (secondary N) is 1. The largest absolute Gasteiger partial charge is 0.385 e. The molecule has 1 fully saturated rings. The molecular formula is C10H21NOS. The zero-order valence-corrected chi connectivity index (χ0v) is 9.53. The van der Waals surface area contributed by atoms with Crippen LogP contribution in [0.2, 0.25) is 0 Å². The summed E-state index contributed by atoms with van der Waals surface area (Å²) in [5.74, 6) is 2.64. The standard InChI is InChI=1S/C10H21NOS/c1-9(5-6-12-2)11-10-4-3-7-13-8-10/h9-11H,3-8H2,1-2H3. The van der Waals surface area contributed by atoms with E-state index in [0.29, 0.717) is 6.04 Å². The number of ether oxygens (including phenoxy) is 1. The lowest BCUT2D eigenvalue weighted by Crippen LogP contribution is -2.40. The lowest BCUT2D eigenvalue weighted by Gasteiger charge is -2.26. The van der Waals surface area contributed by atoms with Gasteiger partial charge in [-0.1, -0.05) is 0 Å². The predicted molar refractivity (Wildman–Crippen MR) is 59.4 cm³/mol. The summed E-state index contributed by atoms with van der Waals surface area (Å²) >= 11 is 2.08. The van der Waals surface area contributed by atoms with Gasteiger partial charge in [-0.25, -0.2) is 0 Å². The second kappa shape index (κ2) is 6.68. The zero-order chi connectivity index (χ0) is 9.52. The number of rotatable bonds is 5. The number of hydrogen-bond donors (Lipinski definition) is 1. The van der Waals surface area contributed by atoms with E-state index >= 15 is 0 Å². The molecule has 0 aliphatic carbocycles. The third kappa shape index (κ3) is 4.89. The Morgan fingerprint density at radius 3 is 3.08 bits per heavy atom. The summed E-state index contributed by atoms with van der Waals surface area (Å²) in [5, 5.41) is 3.65. The van der Waals surface area contributed by atoms with Crippen molar-refractivity contribution < 1.29 is 4.74 Å². The summed E-state index contributed by atoms with van der Waals surface area (Å²) < 4.78 is 5.06. The highest BCUT2D eigenvalue weighted by Crippen LogP contribution is 2.17. The molecule has 0 radical (unpaired) electrons. The molecule has 1 aliphatic rings. The molecule has 0 bridgehead atoms. The molecule has 1 saturated heterocycles. The van der Waals surface area contributed by atoms with Crippen LogP contribution in [0.15, 0.2) is 0 Å². The molecule has 0 spiro atoms. The maximum atomic E-state index is 5.06. The van der Waals surface area contributed by atoms with Gasteiger partial charge < -0.3 is 10.1 Å². The average Bonchev–Trinajstić information content (AvgIpc) is 2.16. The number of thioether (sulfide) groups is 1. The Labute approximate surface area is 85.8 Å². The molecule has 0 saturated carbocycles. The van der Waals surface area contributed by atoms with E-state index in [-0.39, 0.29) is 0 Å². The summed E-state index contributed by atoms with van der Waals surface area (Å²) in [7, 11) is 1.77. The molecular weight excluding hydrogens is 182 g/mol. The van der Waals surface area contributed by atoms with Gasteiger partial charge in [0.05, 0.1) is 0 Å². The van der Waals surface area contributed by atoms with Gasteiger partial charge in [0, 0.05) is 31.6 Å². The monoisotopic (exact) mass is 203 g/mol. The molecule has 0 aromatic rings. The highest BCUT2D eigenvalue weighted by molar-refractivity contribution is 7.99. The van der Waals surface area contributed by atoms with Gasteiger partial charge in [-0.2, -0.15) is 11.8 Å². The molecule has 1 aliphatic heterocycles. The Morgan fingerprint density at radius 2 is 2.46 bits per heavy atom. The normalized spacial score (nSPS) is 25.8. The van der Waals surface area contributed by atoms with Gasteiger partial charge in [0.15, 0.2) is 0 Å². The first-order valence-corrected chi connectivity index (χ1v) is 6.31. The molecule has 3 heteroatoms. The zero-order valence-electron chi connectivity index (χ0n) is 8.71. The molecule has 0 aromatic carbocycles. The van der Waals surface area contributed by atoms with E-state index in [2.05, 4.69) is 24.0 Å². The van der Waals surface area contributed by atoms with Crippen molar-refractivity contribution in [3.63, 3.8) is 0 Å². The van der Waals surface area contributed by atoms with Gasteiger partial charge in [-0.05, 0) is 31.9 Å². The van der Waals surface area contributed by atoms with Gasteiger partial charge in [-0.3, -0.25) is 0 Å². The van der Waals surface area contributed by atoms with E-state index in [1.165, 1.54) is 24.3 Å². The van der Waals surface area contributed by atoms with E-state index in [1.54, 1.807) is 7.11 Å². The fourth-order valence-electron chi connectivity index (χ4n) is 1.65. The van der Waals surface area contributed by atoms with Crippen LogP contribution >= 0.6 is 11.8 Å². The van der Waals surface area contributed by atoms with Crippen LogP contribution in [0.3, 0.4) is 0 Å². The molecule has 2 nitrogen and oxygen atoms in total. The van der Waals surface area contributed by atoms with Gasteiger partial charge in [0.2, 0.25) is 0 Å². The van der Waals surface area contributed by atoms with Crippen molar-refractivity contribution in [3.05, 3.63) is 0 Å². The molecule has 1 N–H and O–H groups in total. The van der Waals surface area contributed by atoms with Gasteiger partial charge in [0.25, 0.3) is 0 Å². The van der Waals surface area contributed by atoms with Gasteiger partial charge in [-0.15, -0.1) is 0 Å². The number of hydrogen-bond acceptors (Lipinski definition) is 3. The fourth-order valence-corrected chi connectivity index (χ4v) is 2.74. The van der Waals surface area contributed by atoms with Crippen LogP contribution in [0, 0.1) is 0 Å². The van der Waals surface area contributed by atoms with Crippen molar-refractivity contribution in [1.82, 2.24) is 5.32 Å². The molecule has 78 valence electrons. The maximum absolute atomic E-state index is 5.06. The van der Waals surface area contributed by atoms with Crippen LogP contribution in [-0.2, 0) is 4.74 Å². The molecule has 1 rings (SSSR count). The minimum absolute atomic E-state index is 0.601. The Kier molecular flexibility index (Phi) is 5.83. The van der Waals surface area contributed by atoms with Crippen LogP contribution < -0.4 is 5.32 Å². The van der Waals surface area contributed by atoms with Gasteiger partial charge >= 0.3 is 0 Å². The van der Waals surface area contributed by atoms with Crippen molar-refractivity contribution in [2.45, 2.75) is 38.3 Å². The average molecular weight is 203 g/mol. The second-order valence-electron chi connectivity index (χ2n) is 3.76. The van der Waals surface area contributed by atoms with Crippen LogP contribution in [0.5, 0.6) is 0 Å². The topological polar surface area (TPSA) is 21.3 Å². The van der Waals surface area contributed by atoms with E-state index < -0.39 is 0 Å². The van der Waals surface area contributed by atoms with Crippen molar-refractivity contribution in [3.8, 4) is 0 Å². The quantitative estimate of drug-likeness (QED) is 0.737. The van der Waals surface area contributed by atoms with Crippen LogP contribution in [0.25, 0.3) is 0 Å². The van der Waals surface area contributed by atoms with Crippen molar-refractivity contribution in [2.24, 2.45) is 0 Å². The summed E-state index contributed by atoms with van der Waals surface area (Å²) in [4.78, 5) is 0. The Hall–Kier alpha value is 0.270. The first kappa shape index (κ1) is 11.3. The fraction of sp³-hybridized carbons (Fsp3) is 1.00. The Balaban J connectivity index is 2.07. The molecule has 1 heterocycles. The lowest BCUT2D eigenvalue weighted by molar-refractivity contribution is 0.182. The van der Waals surface area contributed by atoms with E-state index in [4.69, 9.17) is 4.74 Å². The second-order valence-corrected chi connectivity index (χ2v) is 4.91. The third-order valence-corrected chi connectivity index (χ3v) is 3.65. The SMILES string of the molecule is COCCC(C)NC1CCCSC1. The van der Waals surface area contributed by atoms with Crippen LogP contribution in [0.1, 0.15) is 26.2 Å². The smallest absolute Gasteiger partial charge is 0.0476 e. The highest BCUT2D eigenvalue weighted by Gasteiger charge is 2.15. The maximum Gasteiger partial charge on any atom is 0.0476 e. The van der Waals surface area contributed by atoms with Crippen molar-refractivity contribution >= 4 is 11.8 Å². The molecule has 0 amide bonds. The molecule has 2 unspecified atom stereocenters. The first-order valence-electron chi connectivity index (χ1n) is 5.15. The molecule has 13 heavy (non-hydrogen) atoms. The minimum Gasteiger partial charge on any atom is -0.385 e. The molecule has 2 atom stereocenters. The molecule has 0 aromatic heterocycles. The van der Waals surface area contributed by atoms with Crippen molar-refractivity contribution in [2.75, 3.05) is 25.2 Å². The Bertz CT molecular complexity index is 126. The summed E-state index contributed by atoms with van der Waals surface area (Å²) in [6.45, 7) is 3.12. The van der Waals surface area contributed by atoms with Crippen LogP contribution in [0.4, 0.5) is 0 Å². The minimum atomic E-state index is 0.601. The summed E-state index contributed by atoms with van der Waals surface area (Å²) in [6, 6.07) is 1.34. The summed E-state index contributed by atoms with van der Waals surface area (Å²) in [5.41, 5.74) is 0. The third-order valence-electron chi connectivity index (χ3n) is 2.44. The summed E-state index contributed by atoms with van der Waals surface area (Å²) in [6.07, 6.45) is 3.85. The number of methoxy groups -OCH3 is 1. The Morgan fingerprint density at radius 1 is 1.62 bits per heavy atom. The van der Waals surface area contributed by atoms with E-state index in [0.717, 1.165) is 19.1 Å².